The average Bonchev–Trinajstić information content (AvgIpc) is 3.00. The first-order chi connectivity index (χ1) is 10.1. The van der Waals surface area contributed by atoms with Crippen LogP contribution in [-0.4, -0.2) is 24.9 Å². The van der Waals surface area contributed by atoms with Crippen molar-refractivity contribution in [1.82, 2.24) is 10.6 Å². The van der Waals surface area contributed by atoms with Gasteiger partial charge in [0.2, 0.25) is 0 Å². The zero-order valence-corrected chi connectivity index (χ0v) is 13.2. The van der Waals surface area contributed by atoms with Crippen molar-refractivity contribution in [1.29, 1.82) is 0 Å². The molecule has 2 rings (SSSR count). The third-order valence-electron chi connectivity index (χ3n) is 2.62. The molecule has 2 amide bonds. The molecule has 2 aromatic rings. The van der Waals surface area contributed by atoms with E-state index in [0.717, 1.165) is 0 Å². The predicted molar refractivity (Wildman–Crippen MR) is 85.4 cm³/mol. The third-order valence-corrected chi connectivity index (χ3v) is 4.23. The molecule has 0 fully saturated rings. The molecule has 0 aliphatic rings. The van der Waals surface area contributed by atoms with Crippen molar-refractivity contribution in [3.8, 4) is 0 Å². The van der Waals surface area contributed by atoms with Crippen LogP contribution in [0.1, 0.15) is 20.0 Å². The first kappa shape index (κ1) is 15.8. The fourth-order valence-corrected chi connectivity index (χ4v) is 2.52. The van der Waals surface area contributed by atoms with Crippen LogP contribution in [0.2, 0.25) is 10.0 Å². The summed E-state index contributed by atoms with van der Waals surface area (Å²) < 4.78 is 0. The molecule has 0 aliphatic heterocycles. The first-order valence-electron chi connectivity index (χ1n) is 6.13. The Labute approximate surface area is 136 Å². The van der Waals surface area contributed by atoms with Gasteiger partial charge in [-0.15, -0.1) is 11.3 Å². The monoisotopic (exact) mass is 342 g/mol. The number of carbonyl (C=O) groups excluding carboxylic acids is 2. The summed E-state index contributed by atoms with van der Waals surface area (Å²) in [6.07, 6.45) is 0. The van der Waals surface area contributed by atoms with Gasteiger partial charge in [-0.2, -0.15) is 0 Å². The highest BCUT2D eigenvalue weighted by molar-refractivity contribution is 7.12. The van der Waals surface area contributed by atoms with Crippen molar-refractivity contribution in [2.75, 3.05) is 13.1 Å². The van der Waals surface area contributed by atoms with Gasteiger partial charge in [-0.1, -0.05) is 29.3 Å². The lowest BCUT2D eigenvalue weighted by molar-refractivity contribution is 0.0929. The van der Waals surface area contributed by atoms with Gasteiger partial charge < -0.3 is 10.6 Å². The zero-order chi connectivity index (χ0) is 15.2. The topological polar surface area (TPSA) is 58.2 Å². The molecule has 0 aliphatic carbocycles. The van der Waals surface area contributed by atoms with Gasteiger partial charge in [0, 0.05) is 18.7 Å². The summed E-state index contributed by atoms with van der Waals surface area (Å²) in [4.78, 5) is 24.2. The lowest BCUT2D eigenvalue weighted by Gasteiger charge is -2.07. The van der Waals surface area contributed by atoms with Gasteiger partial charge >= 0.3 is 0 Å². The highest BCUT2D eigenvalue weighted by atomic mass is 35.5. The van der Waals surface area contributed by atoms with Crippen LogP contribution in [0.15, 0.2) is 35.7 Å². The normalized spacial score (nSPS) is 10.2. The minimum Gasteiger partial charge on any atom is -0.350 e. The molecule has 0 unspecified atom stereocenters. The number of amides is 2. The van der Waals surface area contributed by atoms with Crippen molar-refractivity contribution < 1.29 is 9.59 Å². The molecule has 1 aromatic carbocycles. The van der Waals surface area contributed by atoms with E-state index in [1.54, 1.807) is 18.2 Å². The summed E-state index contributed by atoms with van der Waals surface area (Å²) in [5.41, 5.74) is 0.425. The smallest absolute Gasteiger partial charge is 0.261 e. The fraction of sp³-hybridized carbons (Fsp3) is 0.143. The van der Waals surface area contributed by atoms with Crippen LogP contribution in [-0.2, 0) is 0 Å². The van der Waals surface area contributed by atoms with Gasteiger partial charge in [0.25, 0.3) is 11.8 Å². The molecule has 0 atom stereocenters. The van der Waals surface area contributed by atoms with Crippen LogP contribution in [0, 0.1) is 0 Å². The minimum absolute atomic E-state index is 0.145. The molecule has 0 spiro atoms. The van der Waals surface area contributed by atoms with Gasteiger partial charge in [0.1, 0.15) is 0 Å². The number of carbonyl (C=O) groups is 2. The van der Waals surface area contributed by atoms with E-state index in [9.17, 15) is 9.59 Å². The highest BCUT2D eigenvalue weighted by Crippen LogP contribution is 2.22. The summed E-state index contributed by atoms with van der Waals surface area (Å²) in [7, 11) is 0. The van der Waals surface area contributed by atoms with Crippen molar-refractivity contribution in [3.63, 3.8) is 0 Å². The Kier molecular flexibility index (Phi) is 5.61. The molecular formula is C14H12Cl2N2O2S. The maximum atomic E-state index is 11.9. The number of rotatable bonds is 5. The van der Waals surface area contributed by atoms with Gasteiger partial charge in [0.15, 0.2) is 0 Å². The zero-order valence-electron chi connectivity index (χ0n) is 10.9. The number of benzene rings is 1. The SMILES string of the molecule is O=C(NCCNC(=O)c1cccs1)c1ccc(Cl)c(Cl)c1. The average molecular weight is 343 g/mol. The molecule has 1 heterocycles. The van der Waals surface area contributed by atoms with Crippen LogP contribution in [0.4, 0.5) is 0 Å². The predicted octanol–water partition coefficient (Wildman–Crippen LogP) is 3.21. The largest absolute Gasteiger partial charge is 0.350 e. The first-order valence-corrected chi connectivity index (χ1v) is 7.76. The van der Waals surface area contributed by atoms with Crippen LogP contribution in [0.3, 0.4) is 0 Å². The Balaban J connectivity index is 1.77. The molecule has 0 saturated heterocycles. The maximum absolute atomic E-state index is 11.9. The van der Waals surface area contributed by atoms with Crippen molar-refractivity contribution in [2.45, 2.75) is 0 Å². The van der Waals surface area contributed by atoms with Crippen LogP contribution in [0.25, 0.3) is 0 Å². The lowest BCUT2D eigenvalue weighted by atomic mass is 10.2. The summed E-state index contributed by atoms with van der Waals surface area (Å²) >= 11 is 13.0. The van der Waals surface area contributed by atoms with Crippen LogP contribution >= 0.6 is 34.5 Å². The molecule has 110 valence electrons. The van der Waals surface area contributed by atoms with E-state index in [1.165, 1.54) is 17.4 Å². The van der Waals surface area contributed by atoms with E-state index in [1.807, 2.05) is 11.4 Å². The van der Waals surface area contributed by atoms with E-state index >= 15 is 0 Å². The van der Waals surface area contributed by atoms with E-state index < -0.39 is 0 Å². The van der Waals surface area contributed by atoms with Gasteiger partial charge in [0.05, 0.1) is 14.9 Å². The van der Waals surface area contributed by atoms with Crippen molar-refractivity contribution in [2.24, 2.45) is 0 Å². The lowest BCUT2D eigenvalue weighted by Crippen LogP contribution is -2.34. The molecular weight excluding hydrogens is 331 g/mol. The van der Waals surface area contributed by atoms with E-state index in [4.69, 9.17) is 23.2 Å². The second-order valence-electron chi connectivity index (χ2n) is 4.12. The second kappa shape index (κ2) is 7.45. The van der Waals surface area contributed by atoms with Crippen molar-refractivity contribution in [3.05, 3.63) is 56.2 Å². The summed E-state index contributed by atoms with van der Waals surface area (Å²) in [5, 5.41) is 7.98. The second-order valence-corrected chi connectivity index (χ2v) is 5.88. The summed E-state index contributed by atoms with van der Waals surface area (Å²) in [5.74, 6) is -0.410. The molecule has 0 saturated carbocycles. The van der Waals surface area contributed by atoms with Gasteiger partial charge in [-0.25, -0.2) is 0 Å². The minimum atomic E-state index is -0.265. The number of thiophene rings is 1. The fourth-order valence-electron chi connectivity index (χ4n) is 1.59. The van der Waals surface area contributed by atoms with Crippen molar-refractivity contribution >= 4 is 46.4 Å². The molecule has 21 heavy (non-hydrogen) atoms. The highest BCUT2D eigenvalue weighted by Gasteiger charge is 2.08. The van der Waals surface area contributed by atoms with Gasteiger partial charge in [-0.3, -0.25) is 9.59 Å². The number of halogens is 2. The Bertz CT molecular complexity index is 644. The Hall–Kier alpha value is -1.56. The molecule has 0 radical (unpaired) electrons. The number of hydrogen-bond acceptors (Lipinski definition) is 3. The Morgan fingerprint density at radius 2 is 1.71 bits per heavy atom. The van der Waals surface area contributed by atoms with Gasteiger partial charge in [-0.05, 0) is 29.6 Å². The standard InChI is InChI=1S/C14H12Cl2N2O2S/c15-10-4-3-9(8-11(10)16)13(19)17-5-6-18-14(20)12-2-1-7-21-12/h1-4,7-8H,5-6H2,(H,17,19)(H,18,20). The molecule has 2 N–H and O–H groups in total. The molecule has 1 aromatic heterocycles. The quantitative estimate of drug-likeness (QED) is 0.819. The van der Waals surface area contributed by atoms with E-state index in [0.29, 0.717) is 33.6 Å². The molecule has 0 bridgehead atoms. The number of nitrogens with one attached hydrogen (secondary N) is 2. The molecule has 7 heteroatoms. The van der Waals surface area contributed by atoms with E-state index in [2.05, 4.69) is 10.6 Å². The summed E-state index contributed by atoms with van der Waals surface area (Å²) in [6.45, 7) is 0.681. The summed E-state index contributed by atoms with van der Waals surface area (Å²) in [6, 6.07) is 8.22. The van der Waals surface area contributed by atoms with Crippen LogP contribution in [0.5, 0.6) is 0 Å². The third kappa shape index (κ3) is 4.46. The molecule has 4 nitrogen and oxygen atoms in total. The number of hydrogen-bond donors (Lipinski definition) is 2. The maximum Gasteiger partial charge on any atom is 0.261 e. The van der Waals surface area contributed by atoms with E-state index in [-0.39, 0.29) is 11.8 Å². The van der Waals surface area contributed by atoms with Crippen LogP contribution < -0.4 is 10.6 Å². The Morgan fingerprint density at radius 1 is 1.00 bits per heavy atom. The Morgan fingerprint density at radius 3 is 2.33 bits per heavy atom.